The Kier molecular flexibility index (Phi) is 6.69. The second-order valence-corrected chi connectivity index (χ2v) is 5.87. The van der Waals surface area contributed by atoms with Crippen LogP contribution in [0.2, 0.25) is 0 Å². The molecule has 0 aromatic heterocycles. The Morgan fingerprint density at radius 2 is 2.07 bits per heavy atom. The van der Waals surface area contributed by atoms with E-state index in [9.17, 15) is 5.11 Å². The van der Waals surface area contributed by atoms with Gasteiger partial charge >= 0.3 is 0 Å². The highest BCUT2D eigenvalue weighted by Crippen LogP contribution is 2.28. The minimum Gasteiger partial charge on any atom is -0.392 e. The van der Waals surface area contributed by atoms with Crippen LogP contribution in [-0.4, -0.2) is 34.8 Å². The lowest BCUT2D eigenvalue weighted by Crippen LogP contribution is -2.43. The van der Waals surface area contributed by atoms with Crippen LogP contribution in [0, 0.1) is 0 Å². The maximum absolute atomic E-state index is 9.54. The maximum Gasteiger partial charge on any atom is 0.0662 e. The van der Waals surface area contributed by atoms with Crippen LogP contribution in [0.1, 0.15) is 46.0 Å². The third-order valence-electron chi connectivity index (χ3n) is 3.17. The van der Waals surface area contributed by atoms with Gasteiger partial charge in [0.1, 0.15) is 0 Å². The lowest BCUT2D eigenvalue weighted by molar-refractivity contribution is 0.159. The van der Waals surface area contributed by atoms with Crippen molar-refractivity contribution >= 4 is 11.8 Å². The standard InChI is InChI=1S/C12H25NOS/c1-3-10(14)9-13-11-7-5-6-8-12(11)15-4-2/h10-14H,3-9H2,1-2H3/t10-,11+,12-/m1/s1. The Balaban J connectivity index is 2.28. The molecule has 2 N–H and O–H groups in total. The van der Waals surface area contributed by atoms with Gasteiger partial charge in [-0.05, 0) is 25.0 Å². The van der Waals surface area contributed by atoms with Gasteiger partial charge in [-0.3, -0.25) is 0 Å². The van der Waals surface area contributed by atoms with Gasteiger partial charge in [0.15, 0.2) is 0 Å². The monoisotopic (exact) mass is 231 g/mol. The lowest BCUT2D eigenvalue weighted by Gasteiger charge is -2.32. The molecule has 0 amide bonds. The first kappa shape index (κ1) is 13.3. The molecule has 0 aliphatic heterocycles. The number of hydrogen-bond acceptors (Lipinski definition) is 3. The quantitative estimate of drug-likeness (QED) is 0.736. The highest BCUT2D eigenvalue weighted by atomic mass is 32.2. The molecule has 2 nitrogen and oxygen atoms in total. The van der Waals surface area contributed by atoms with Gasteiger partial charge in [-0.25, -0.2) is 0 Å². The summed E-state index contributed by atoms with van der Waals surface area (Å²) in [6.45, 7) is 5.03. The molecule has 1 fully saturated rings. The highest BCUT2D eigenvalue weighted by molar-refractivity contribution is 7.99. The van der Waals surface area contributed by atoms with Crippen molar-refractivity contribution in [1.29, 1.82) is 0 Å². The molecule has 3 heteroatoms. The van der Waals surface area contributed by atoms with Gasteiger partial charge in [0.25, 0.3) is 0 Å². The molecule has 0 heterocycles. The van der Waals surface area contributed by atoms with Crippen LogP contribution in [0.3, 0.4) is 0 Å². The zero-order valence-corrected chi connectivity index (χ0v) is 10.9. The number of aliphatic hydroxyl groups excluding tert-OH is 1. The van der Waals surface area contributed by atoms with Crippen molar-refractivity contribution in [3.8, 4) is 0 Å². The molecule has 3 atom stereocenters. The molecule has 15 heavy (non-hydrogen) atoms. The van der Waals surface area contributed by atoms with Crippen molar-refractivity contribution in [2.75, 3.05) is 12.3 Å². The van der Waals surface area contributed by atoms with E-state index in [0.29, 0.717) is 6.04 Å². The molecule has 1 aliphatic rings. The van der Waals surface area contributed by atoms with Crippen molar-refractivity contribution in [1.82, 2.24) is 5.32 Å². The zero-order valence-electron chi connectivity index (χ0n) is 10.0. The number of thioether (sulfide) groups is 1. The summed E-state index contributed by atoms with van der Waals surface area (Å²) >= 11 is 2.08. The molecule has 0 radical (unpaired) electrons. The lowest BCUT2D eigenvalue weighted by atomic mass is 9.94. The summed E-state index contributed by atoms with van der Waals surface area (Å²) < 4.78 is 0. The fraction of sp³-hybridized carbons (Fsp3) is 1.00. The third kappa shape index (κ3) is 4.75. The molecule has 1 aliphatic carbocycles. The summed E-state index contributed by atoms with van der Waals surface area (Å²) in [6.07, 6.45) is 6.05. The molecule has 0 saturated heterocycles. The van der Waals surface area contributed by atoms with E-state index in [1.165, 1.54) is 31.4 Å². The fourth-order valence-corrected chi connectivity index (χ4v) is 3.40. The van der Waals surface area contributed by atoms with E-state index in [1.54, 1.807) is 0 Å². The van der Waals surface area contributed by atoms with Crippen LogP contribution >= 0.6 is 11.8 Å². The second kappa shape index (κ2) is 7.53. The Labute approximate surface area is 98.2 Å². The molecule has 0 aromatic rings. The van der Waals surface area contributed by atoms with Crippen LogP contribution in [0.5, 0.6) is 0 Å². The van der Waals surface area contributed by atoms with E-state index in [-0.39, 0.29) is 6.10 Å². The summed E-state index contributed by atoms with van der Waals surface area (Å²) in [5, 5.41) is 13.8. The van der Waals surface area contributed by atoms with E-state index in [2.05, 4.69) is 24.0 Å². The topological polar surface area (TPSA) is 32.3 Å². The summed E-state index contributed by atoms with van der Waals surface area (Å²) in [5.41, 5.74) is 0. The van der Waals surface area contributed by atoms with Gasteiger partial charge in [0.05, 0.1) is 6.10 Å². The van der Waals surface area contributed by atoms with Gasteiger partial charge < -0.3 is 10.4 Å². The smallest absolute Gasteiger partial charge is 0.0662 e. The Morgan fingerprint density at radius 3 is 2.73 bits per heavy atom. The molecule has 1 saturated carbocycles. The van der Waals surface area contributed by atoms with E-state index < -0.39 is 0 Å². The minimum atomic E-state index is -0.167. The summed E-state index contributed by atoms with van der Waals surface area (Å²) in [7, 11) is 0. The van der Waals surface area contributed by atoms with Crippen LogP contribution in [0.25, 0.3) is 0 Å². The number of nitrogens with one attached hydrogen (secondary N) is 1. The Hall–Kier alpha value is 0.270. The summed E-state index contributed by atoms with van der Waals surface area (Å²) in [6, 6.07) is 0.630. The Bertz CT molecular complexity index is 164. The molecular formula is C12H25NOS. The van der Waals surface area contributed by atoms with Crippen molar-refractivity contribution < 1.29 is 5.11 Å². The average molecular weight is 231 g/mol. The largest absolute Gasteiger partial charge is 0.392 e. The van der Waals surface area contributed by atoms with Crippen molar-refractivity contribution in [2.24, 2.45) is 0 Å². The van der Waals surface area contributed by atoms with Gasteiger partial charge in [0.2, 0.25) is 0 Å². The zero-order chi connectivity index (χ0) is 11.1. The van der Waals surface area contributed by atoms with Crippen LogP contribution in [0.4, 0.5) is 0 Å². The van der Waals surface area contributed by atoms with Crippen molar-refractivity contribution in [3.63, 3.8) is 0 Å². The molecule has 0 unspecified atom stereocenters. The second-order valence-electron chi connectivity index (χ2n) is 4.36. The SMILES string of the molecule is CCS[C@@H]1CCCC[C@@H]1NC[C@H](O)CC. The highest BCUT2D eigenvalue weighted by Gasteiger charge is 2.24. The van der Waals surface area contributed by atoms with E-state index >= 15 is 0 Å². The molecule has 1 rings (SSSR count). The van der Waals surface area contributed by atoms with Crippen molar-refractivity contribution in [3.05, 3.63) is 0 Å². The number of rotatable bonds is 6. The van der Waals surface area contributed by atoms with Crippen LogP contribution < -0.4 is 5.32 Å². The van der Waals surface area contributed by atoms with Gasteiger partial charge in [0, 0.05) is 17.8 Å². The summed E-state index contributed by atoms with van der Waals surface area (Å²) in [4.78, 5) is 0. The molecular weight excluding hydrogens is 206 g/mol. The predicted octanol–water partition coefficient (Wildman–Crippen LogP) is 2.41. The molecule has 0 spiro atoms. The van der Waals surface area contributed by atoms with Crippen LogP contribution in [-0.2, 0) is 0 Å². The molecule has 90 valence electrons. The van der Waals surface area contributed by atoms with E-state index in [1.807, 2.05) is 6.92 Å². The van der Waals surface area contributed by atoms with Crippen LogP contribution in [0.15, 0.2) is 0 Å². The molecule has 0 bridgehead atoms. The predicted molar refractivity (Wildman–Crippen MR) is 68.5 cm³/mol. The molecule has 0 aromatic carbocycles. The third-order valence-corrected chi connectivity index (χ3v) is 4.50. The normalized spacial score (nSPS) is 29.0. The maximum atomic E-state index is 9.54. The summed E-state index contributed by atoms with van der Waals surface area (Å²) in [5.74, 6) is 1.21. The van der Waals surface area contributed by atoms with Gasteiger partial charge in [-0.15, -0.1) is 0 Å². The average Bonchev–Trinajstić information content (AvgIpc) is 2.28. The van der Waals surface area contributed by atoms with Gasteiger partial charge in [-0.1, -0.05) is 26.7 Å². The van der Waals surface area contributed by atoms with E-state index in [0.717, 1.165) is 18.2 Å². The fourth-order valence-electron chi connectivity index (χ4n) is 2.18. The first-order chi connectivity index (χ1) is 7.27. The number of hydrogen-bond donors (Lipinski definition) is 2. The van der Waals surface area contributed by atoms with Gasteiger partial charge in [-0.2, -0.15) is 11.8 Å². The first-order valence-corrected chi connectivity index (χ1v) is 7.35. The van der Waals surface area contributed by atoms with E-state index in [4.69, 9.17) is 0 Å². The van der Waals surface area contributed by atoms with Crippen molar-refractivity contribution in [2.45, 2.75) is 63.3 Å². The first-order valence-electron chi connectivity index (χ1n) is 6.31. The Morgan fingerprint density at radius 1 is 1.33 bits per heavy atom. The minimum absolute atomic E-state index is 0.167. The number of aliphatic hydroxyl groups is 1.